The Kier molecular flexibility index (Phi) is 3.70. The van der Waals surface area contributed by atoms with Crippen LogP contribution in [0.5, 0.6) is 0 Å². The molecule has 0 N–H and O–H groups in total. The Morgan fingerprint density at radius 1 is 1.33 bits per heavy atom. The predicted molar refractivity (Wildman–Crippen MR) is 69.9 cm³/mol. The van der Waals surface area contributed by atoms with E-state index in [2.05, 4.69) is 23.9 Å². The van der Waals surface area contributed by atoms with E-state index in [4.69, 9.17) is 0 Å². The second kappa shape index (κ2) is 5.43. The zero-order valence-corrected chi connectivity index (χ0v) is 10.5. The highest BCUT2D eigenvalue weighted by molar-refractivity contribution is 5.49. The van der Waals surface area contributed by atoms with Crippen LogP contribution < -0.4 is 0 Å². The van der Waals surface area contributed by atoms with Crippen molar-refractivity contribution in [2.24, 2.45) is 10.9 Å². The number of nitrogens with zero attached hydrogens (tertiary/aromatic N) is 3. The quantitative estimate of drug-likeness (QED) is 0.610. The fourth-order valence-corrected chi connectivity index (χ4v) is 1.82. The Morgan fingerprint density at radius 3 is 2.67 bits per heavy atom. The van der Waals surface area contributed by atoms with Crippen molar-refractivity contribution >= 4 is 11.9 Å². The fourth-order valence-electron chi connectivity index (χ4n) is 1.82. The number of benzene rings is 1. The molecule has 0 atom stereocenters. The van der Waals surface area contributed by atoms with Gasteiger partial charge in [0.15, 0.2) is 5.82 Å². The third kappa shape index (κ3) is 2.73. The molecular formula is C14H15N3O. The third-order valence-electron chi connectivity index (χ3n) is 2.52. The molecule has 1 aromatic heterocycles. The molecule has 0 unspecified atom stereocenters. The van der Waals surface area contributed by atoms with Crippen LogP contribution in [-0.4, -0.2) is 15.9 Å². The van der Waals surface area contributed by atoms with Crippen LogP contribution in [0, 0.1) is 5.92 Å². The number of aromatic nitrogens is 2. The van der Waals surface area contributed by atoms with E-state index in [-0.39, 0.29) is 0 Å². The van der Waals surface area contributed by atoms with Crippen LogP contribution in [-0.2, 0) is 11.2 Å². The Hall–Kier alpha value is -2.19. The van der Waals surface area contributed by atoms with Gasteiger partial charge in [-0.25, -0.2) is 9.48 Å². The summed E-state index contributed by atoms with van der Waals surface area (Å²) in [4.78, 5) is 14.2. The molecule has 0 saturated heterocycles. The van der Waals surface area contributed by atoms with E-state index in [1.54, 1.807) is 10.8 Å². The van der Waals surface area contributed by atoms with Gasteiger partial charge >= 0.3 is 0 Å². The molecule has 4 heteroatoms. The second-order valence-corrected chi connectivity index (χ2v) is 4.54. The van der Waals surface area contributed by atoms with Gasteiger partial charge in [-0.2, -0.15) is 5.10 Å². The smallest absolute Gasteiger partial charge is 0.214 e. The normalized spacial score (nSPS) is 10.4. The molecule has 0 aliphatic carbocycles. The van der Waals surface area contributed by atoms with Gasteiger partial charge < -0.3 is 0 Å². The first-order valence-electron chi connectivity index (χ1n) is 5.93. The molecule has 92 valence electrons. The first kappa shape index (κ1) is 12.3. The van der Waals surface area contributed by atoms with E-state index >= 15 is 0 Å². The highest BCUT2D eigenvalue weighted by Gasteiger charge is 2.10. The summed E-state index contributed by atoms with van der Waals surface area (Å²) >= 11 is 0. The van der Waals surface area contributed by atoms with Crippen molar-refractivity contribution in [1.29, 1.82) is 0 Å². The van der Waals surface area contributed by atoms with Crippen LogP contribution in [0.15, 0.2) is 41.4 Å². The zero-order chi connectivity index (χ0) is 13.0. The highest BCUT2D eigenvalue weighted by atomic mass is 16.1. The lowest BCUT2D eigenvalue weighted by Crippen LogP contribution is -1.99. The fraction of sp³-hybridized carbons (Fsp3) is 0.286. The summed E-state index contributed by atoms with van der Waals surface area (Å²) in [6.45, 7) is 4.26. The van der Waals surface area contributed by atoms with Crippen LogP contribution in [0.2, 0.25) is 0 Å². The second-order valence-electron chi connectivity index (χ2n) is 4.54. The van der Waals surface area contributed by atoms with Crippen LogP contribution in [0.4, 0.5) is 5.82 Å². The highest BCUT2D eigenvalue weighted by Crippen LogP contribution is 2.20. The summed E-state index contributed by atoms with van der Waals surface area (Å²) in [7, 11) is 0. The number of isocyanates is 1. The van der Waals surface area contributed by atoms with Gasteiger partial charge in [-0.1, -0.05) is 32.0 Å². The van der Waals surface area contributed by atoms with E-state index in [9.17, 15) is 4.79 Å². The standard InChI is InChI=1S/C14H15N3O/c1-11(2)8-12-9-14(15-10-18)17(16-12)13-6-4-3-5-7-13/h3-7,9,11H,8H2,1-2H3. The Balaban J connectivity index is 2.45. The SMILES string of the molecule is CC(C)Cc1cc(N=C=O)n(-c2ccccc2)n1. The third-order valence-corrected chi connectivity index (χ3v) is 2.52. The molecule has 2 aromatic rings. The van der Waals surface area contributed by atoms with Crippen LogP contribution >= 0.6 is 0 Å². The van der Waals surface area contributed by atoms with Gasteiger partial charge in [0.1, 0.15) is 0 Å². The molecule has 0 aliphatic heterocycles. The number of para-hydroxylation sites is 1. The topological polar surface area (TPSA) is 47.2 Å². The van der Waals surface area contributed by atoms with Crippen LogP contribution in [0.1, 0.15) is 19.5 Å². The number of carbonyl (C=O) groups excluding carboxylic acids is 1. The summed E-state index contributed by atoms with van der Waals surface area (Å²) in [5.41, 5.74) is 1.82. The summed E-state index contributed by atoms with van der Waals surface area (Å²) in [6, 6.07) is 11.5. The van der Waals surface area contributed by atoms with Gasteiger partial charge in [0, 0.05) is 6.07 Å². The van der Waals surface area contributed by atoms with Gasteiger partial charge in [-0.3, -0.25) is 0 Å². The summed E-state index contributed by atoms with van der Waals surface area (Å²) < 4.78 is 1.67. The molecule has 1 aromatic carbocycles. The maximum Gasteiger partial charge on any atom is 0.242 e. The molecule has 1 heterocycles. The van der Waals surface area contributed by atoms with E-state index in [1.165, 1.54) is 0 Å². The molecule has 0 amide bonds. The lowest BCUT2D eigenvalue weighted by molar-refractivity contribution is 0.565. The lowest BCUT2D eigenvalue weighted by atomic mass is 10.1. The Morgan fingerprint density at radius 2 is 2.06 bits per heavy atom. The average Bonchev–Trinajstić information content (AvgIpc) is 2.73. The molecule has 4 nitrogen and oxygen atoms in total. The van der Waals surface area contributed by atoms with Crippen molar-refractivity contribution < 1.29 is 4.79 Å². The van der Waals surface area contributed by atoms with Gasteiger partial charge in [-0.15, -0.1) is 4.99 Å². The average molecular weight is 241 g/mol. The van der Waals surface area contributed by atoms with Crippen molar-refractivity contribution in [2.75, 3.05) is 0 Å². The first-order chi connectivity index (χ1) is 8.70. The summed E-state index contributed by atoms with van der Waals surface area (Å²) in [6.07, 6.45) is 2.44. The van der Waals surface area contributed by atoms with Crippen LogP contribution in [0.25, 0.3) is 5.69 Å². The largest absolute Gasteiger partial charge is 0.242 e. The van der Waals surface area contributed by atoms with Crippen molar-refractivity contribution in [1.82, 2.24) is 9.78 Å². The molecule has 18 heavy (non-hydrogen) atoms. The minimum Gasteiger partial charge on any atom is -0.214 e. The molecule has 2 rings (SSSR count). The zero-order valence-electron chi connectivity index (χ0n) is 10.5. The Labute approximate surface area is 106 Å². The number of aliphatic imine (C=N–C) groups is 1. The van der Waals surface area contributed by atoms with E-state index in [0.29, 0.717) is 11.7 Å². The lowest BCUT2D eigenvalue weighted by Gasteiger charge is -2.02. The van der Waals surface area contributed by atoms with Gasteiger partial charge in [-0.05, 0) is 24.5 Å². The number of rotatable bonds is 4. The van der Waals surface area contributed by atoms with Crippen molar-refractivity contribution in [3.63, 3.8) is 0 Å². The van der Waals surface area contributed by atoms with E-state index in [0.717, 1.165) is 17.8 Å². The van der Waals surface area contributed by atoms with Crippen molar-refractivity contribution in [3.05, 3.63) is 42.1 Å². The predicted octanol–water partition coefficient (Wildman–Crippen LogP) is 3.04. The minimum absolute atomic E-state index is 0.511. The summed E-state index contributed by atoms with van der Waals surface area (Å²) in [5, 5.41) is 4.48. The van der Waals surface area contributed by atoms with E-state index < -0.39 is 0 Å². The number of hydrogen-bond acceptors (Lipinski definition) is 3. The molecule has 0 spiro atoms. The van der Waals surface area contributed by atoms with Gasteiger partial charge in [0.25, 0.3) is 0 Å². The van der Waals surface area contributed by atoms with Crippen LogP contribution in [0.3, 0.4) is 0 Å². The minimum atomic E-state index is 0.511. The Bertz CT molecular complexity index is 566. The monoisotopic (exact) mass is 241 g/mol. The molecule has 0 fully saturated rings. The van der Waals surface area contributed by atoms with Gasteiger partial charge in [0.2, 0.25) is 6.08 Å². The number of hydrogen-bond donors (Lipinski definition) is 0. The van der Waals surface area contributed by atoms with Crippen molar-refractivity contribution in [3.8, 4) is 5.69 Å². The molecule has 0 aliphatic rings. The molecule has 0 radical (unpaired) electrons. The van der Waals surface area contributed by atoms with E-state index in [1.807, 2.05) is 36.4 Å². The molecular weight excluding hydrogens is 226 g/mol. The molecule has 0 bridgehead atoms. The summed E-state index contributed by atoms with van der Waals surface area (Å²) in [5.74, 6) is 1.03. The first-order valence-corrected chi connectivity index (χ1v) is 5.93. The van der Waals surface area contributed by atoms with Crippen molar-refractivity contribution in [2.45, 2.75) is 20.3 Å². The maximum atomic E-state index is 10.5. The van der Waals surface area contributed by atoms with Gasteiger partial charge in [0.05, 0.1) is 11.4 Å². The molecule has 0 saturated carbocycles. The maximum absolute atomic E-state index is 10.5.